The van der Waals surface area contributed by atoms with Crippen LogP contribution >= 0.6 is 0 Å². The first-order valence-corrected chi connectivity index (χ1v) is 10.2. The average molecular weight is 418 g/mol. The van der Waals surface area contributed by atoms with Gasteiger partial charge in [-0.25, -0.2) is 9.59 Å². The zero-order chi connectivity index (χ0) is 22.2. The molecule has 6 heteroatoms. The number of aromatic nitrogens is 1. The number of nitrogens with one attached hydrogen (secondary N) is 1. The molecule has 160 valence electrons. The molecule has 1 N–H and O–H groups in total. The Morgan fingerprint density at radius 3 is 2.42 bits per heavy atom. The van der Waals surface area contributed by atoms with Crippen LogP contribution < -0.4 is 0 Å². The van der Waals surface area contributed by atoms with Gasteiger partial charge < -0.3 is 19.4 Å². The number of methoxy groups -OCH3 is 1. The van der Waals surface area contributed by atoms with Gasteiger partial charge in [0.15, 0.2) is 0 Å². The molecule has 0 radical (unpaired) electrons. The van der Waals surface area contributed by atoms with Crippen LogP contribution in [0.3, 0.4) is 0 Å². The molecule has 0 spiro atoms. The zero-order valence-corrected chi connectivity index (χ0v) is 18.2. The van der Waals surface area contributed by atoms with E-state index in [9.17, 15) is 9.59 Å². The summed E-state index contributed by atoms with van der Waals surface area (Å²) in [6.45, 7) is 6.68. The number of nitrogens with zero attached hydrogens (tertiary/aromatic N) is 1. The van der Waals surface area contributed by atoms with E-state index >= 15 is 0 Å². The van der Waals surface area contributed by atoms with Gasteiger partial charge in [-0.2, -0.15) is 0 Å². The summed E-state index contributed by atoms with van der Waals surface area (Å²) in [4.78, 5) is 29.4. The van der Waals surface area contributed by atoms with Gasteiger partial charge in [-0.15, -0.1) is 0 Å². The van der Waals surface area contributed by atoms with Crippen molar-refractivity contribution in [2.45, 2.75) is 26.4 Å². The van der Waals surface area contributed by atoms with Crippen LogP contribution in [0.1, 0.15) is 36.7 Å². The monoisotopic (exact) mass is 418 g/mol. The summed E-state index contributed by atoms with van der Waals surface area (Å²) in [5.41, 5.74) is 5.02. The zero-order valence-electron chi connectivity index (χ0n) is 18.2. The van der Waals surface area contributed by atoms with Crippen molar-refractivity contribution in [3.63, 3.8) is 0 Å². The Balaban J connectivity index is 1.52. The summed E-state index contributed by atoms with van der Waals surface area (Å²) in [6, 6.07) is 15.7. The van der Waals surface area contributed by atoms with Crippen molar-refractivity contribution in [3.8, 4) is 11.3 Å². The van der Waals surface area contributed by atoms with E-state index in [2.05, 4.69) is 11.1 Å². The Morgan fingerprint density at radius 2 is 1.74 bits per heavy atom. The Kier molecular flexibility index (Phi) is 5.31. The minimum atomic E-state index is -0.505. The summed E-state index contributed by atoms with van der Waals surface area (Å²) in [6.07, 6.45) is 1.76. The summed E-state index contributed by atoms with van der Waals surface area (Å²) in [5.74, 6) is -0.353. The molecule has 2 aromatic carbocycles. The number of aromatic amines is 1. The van der Waals surface area contributed by atoms with E-state index in [-0.39, 0.29) is 12.1 Å². The van der Waals surface area contributed by atoms with Crippen LogP contribution in [0.25, 0.3) is 27.7 Å². The minimum absolute atomic E-state index is 0.296. The van der Waals surface area contributed by atoms with Crippen LogP contribution in [0.5, 0.6) is 0 Å². The number of hydrogen-bond acceptors (Lipinski definition) is 4. The molecule has 0 saturated carbocycles. The molecular formula is C25H26N2O4. The van der Waals surface area contributed by atoms with Gasteiger partial charge in [0.05, 0.1) is 12.7 Å². The molecule has 1 aliphatic heterocycles. The summed E-state index contributed by atoms with van der Waals surface area (Å²) < 4.78 is 10.4. The third-order valence-corrected chi connectivity index (χ3v) is 5.21. The molecule has 1 amide bonds. The highest BCUT2D eigenvalue weighted by molar-refractivity contribution is 6.05. The number of carbonyl (C=O) groups is 2. The first kappa shape index (κ1) is 20.7. The molecule has 0 unspecified atom stereocenters. The van der Waals surface area contributed by atoms with Crippen LogP contribution in [-0.2, 0) is 9.47 Å². The van der Waals surface area contributed by atoms with Crippen LogP contribution in [0.4, 0.5) is 4.79 Å². The van der Waals surface area contributed by atoms with E-state index in [1.807, 2.05) is 63.2 Å². The van der Waals surface area contributed by atoms with E-state index in [4.69, 9.17) is 9.47 Å². The van der Waals surface area contributed by atoms with Crippen molar-refractivity contribution >= 4 is 28.5 Å². The highest BCUT2D eigenvalue weighted by Crippen LogP contribution is 2.29. The Hall–Kier alpha value is -3.54. The SMILES string of the molecule is COC(=O)c1cccc2[nH]c(-c3ccc(C4=CCN(C(=O)OC(C)(C)C)C4)cc3)cc12. The Labute approximate surface area is 181 Å². The lowest BCUT2D eigenvalue weighted by atomic mass is 10.0. The lowest BCUT2D eigenvalue weighted by molar-refractivity contribution is 0.0306. The topological polar surface area (TPSA) is 71.6 Å². The lowest BCUT2D eigenvalue weighted by Gasteiger charge is -2.24. The molecule has 0 atom stereocenters. The minimum Gasteiger partial charge on any atom is -0.465 e. The van der Waals surface area contributed by atoms with Gasteiger partial charge in [-0.05, 0) is 55.7 Å². The maximum Gasteiger partial charge on any atom is 0.410 e. The van der Waals surface area contributed by atoms with Gasteiger partial charge >= 0.3 is 12.1 Å². The predicted molar refractivity (Wildman–Crippen MR) is 121 cm³/mol. The fourth-order valence-corrected chi connectivity index (χ4v) is 3.69. The number of esters is 1. The van der Waals surface area contributed by atoms with Gasteiger partial charge in [0.1, 0.15) is 5.60 Å². The molecule has 0 bridgehead atoms. The van der Waals surface area contributed by atoms with Gasteiger partial charge in [-0.3, -0.25) is 0 Å². The fourth-order valence-electron chi connectivity index (χ4n) is 3.69. The van der Waals surface area contributed by atoms with Crippen molar-refractivity contribution < 1.29 is 19.1 Å². The molecule has 4 rings (SSSR count). The molecule has 31 heavy (non-hydrogen) atoms. The third kappa shape index (κ3) is 4.33. The molecule has 0 aliphatic carbocycles. The first-order valence-electron chi connectivity index (χ1n) is 10.2. The summed E-state index contributed by atoms with van der Waals surface area (Å²) >= 11 is 0. The summed E-state index contributed by atoms with van der Waals surface area (Å²) in [5, 5.41) is 0.833. The molecule has 0 saturated heterocycles. The van der Waals surface area contributed by atoms with Gasteiger partial charge in [0.25, 0.3) is 0 Å². The van der Waals surface area contributed by atoms with Gasteiger partial charge in [0, 0.05) is 29.7 Å². The number of carbonyl (C=O) groups excluding carboxylic acids is 2. The fraction of sp³-hybridized carbons (Fsp3) is 0.280. The van der Waals surface area contributed by atoms with E-state index in [0.29, 0.717) is 18.7 Å². The Morgan fingerprint density at radius 1 is 1.03 bits per heavy atom. The van der Waals surface area contributed by atoms with E-state index in [1.54, 1.807) is 11.0 Å². The highest BCUT2D eigenvalue weighted by Gasteiger charge is 2.25. The second kappa shape index (κ2) is 7.95. The number of H-pyrrole nitrogens is 1. The average Bonchev–Trinajstić information content (AvgIpc) is 3.39. The molecular weight excluding hydrogens is 392 g/mol. The highest BCUT2D eigenvalue weighted by atomic mass is 16.6. The maximum atomic E-state index is 12.3. The largest absolute Gasteiger partial charge is 0.465 e. The van der Waals surface area contributed by atoms with Crippen LogP contribution in [-0.4, -0.2) is 47.7 Å². The van der Waals surface area contributed by atoms with E-state index < -0.39 is 5.60 Å². The number of fused-ring (bicyclic) bond motifs is 1. The van der Waals surface area contributed by atoms with E-state index in [0.717, 1.165) is 33.3 Å². The number of amides is 1. The first-order chi connectivity index (χ1) is 14.7. The predicted octanol–water partition coefficient (Wildman–Crippen LogP) is 5.26. The quantitative estimate of drug-likeness (QED) is 0.589. The second-order valence-electron chi connectivity index (χ2n) is 8.61. The molecule has 3 aromatic rings. The van der Waals surface area contributed by atoms with Crippen molar-refractivity contribution in [2.24, 2.45) is 0 Å². The Bertz CT molecular complexity index is 1170. The number of ether oxygens (including phenoxy) is 2. The second-order valence-corrected chi connectivity index (χ2v) is 8.61. The third-order valence-electron chi connectivity index (χ3n) is 5.21. The van der Waals surface area contributed by atoms with Crippen LogP contribution in [0.15, 0.2) is 54.6 Å². The standard InChI is InChI=1S/C25H26N2O4/c1-25(2,3)31-24(29)27-13-12-18(15-27)16-8-10-17(11-9-16)22-14-20-19(23(28)30-4)6-5-7-21(20)26-22/h5-12,14,26H,13,15H2,1-4H3. The van der Waals surface area contributed by atoms with Crippen molar-refractivity contribution in [2.75, 3.05) is 20.2 Å². The number of benzene rings is 2. The maximum absolute atomic E-state index is 12.3. The molecule has 0 fully saturated rings. The van der Waals surface area contributed by atoms with Gasteiger partial charge in [-0.1, -0.05) is 36.4 Å². The molecule has 2 heterocycles. The van der Waals surface area contributed by atoms with Gasteiger partial charge in [0.2, 0.25) is 0 Å². The molecule has 6 nitrogen and oxygen atoms in total. The van der Waals surface area contributed by atoms with Crippen molar-refractivity contribution in [1.29, 1.82) is 0 Å². The molecule has 1 aliphatic rings. The molecule has 1 aromatic heterocycles. The smallest absolute Gasteiger partial charge is 0.410 e. The lowest BCUT2D eigenvalue weighted by Crippen LogP contribution is -2.35. The van der Waals surface area contributed by atoms with E-state index in [1.165, 1.54) is 7.11 Å². The van der Waals surface area contributed by atoms with Crippen molar-refractivity contribution in [1.82, 2.24) is 9.88 Å². The van der Waals surface area contributed by atoms with Crippen LogP contribution in [0, 0.1) is 0 Å². The van der Waals surface area contributed by atoms with Crippen LogP contribution in [0.2, 0.25) is 0 Å². The van der Waals surface area contributed by atoms with Crippen molar-refractivity contribution in [3.05, 3.63) is 65.7 Å². The normalized spacial score (nSPS) is 13.9. The number of hydrogen-bond donors (Lipinski definition) is 1. The number of rotatable bonds is 3. The summed E-state index contributed by atoms with van der Waals surface area (Å²) in [7, 11) is 1.38.